The summed E-state index contributed by atoms with van der Waals surface area (Å²) >= 11 is 12.2. The standard InChI is InChI=1S/C25H33Cl2N3O4S/c1-6-23(25(32)28-14-17(2)3)29(15-19-9-7-18(4)8-10-19)24(31)16-30(35(5,33)34)22-12-20(26)11-21(27)13-22/h7-13,17,23H,6,14-16H2,1-5H3,(H,28,32)/t23-/m1/s1. The van der Waals surface area contributed by atoms with Crippen molar-refractivity contribution in [3.63, 3.8) is 0 Å². The van der Waals surface area contributed by atoms with Gasteiger partial charge in [0.05, 0.1) is 11.9 Å². The molecule has 2 aromatic rings. The second kappa shape index (κ2) is 12.6. The van der Waals surface area contributed by atoms with Crippen LogP contribution < -0.4 is 9.62 Å². The highest BCUT2D eigenvalue weighted by Gasteiger charge is 2.32. The molecule has 0 saturated carbocycles. The Kier molecular flexibility index (Phi) is 10.4. The van der Waals surface area contributed by atoms with E-state index >= 15 is 0 Å². The van der Waals surface area contributed by atoms with Crippen molar-refractivity contribution < 1.29 is 18.0 Å². The van der Waals surface area contributed by atoms with Gasteiger partial charge in [0.1, 0.15) is 12.6 Å². The van der Waals surface area contributed by atoms with E-state index in [-0.39, 0.29) is 34.1 Å². The van der Waals surface area contributed by atoms with E-state index in [1.54, 1.807) is 0 Å². The van der Waals surface area contributed by atoms with E-state index in [1.807, 2.05) is 52.0 Å². The maximum absolute atomic E-state index is 13.6. The van der Waals surface area contributed by atoms with Crippen molar-refractivity contribution in [1.82, 2.24) is 10.2 Å². The number of sulfonamides is 1. The van der Waals surface area contributed by atoms with Crippen molar-refractivity contribution in [1.29, 1.82) is 0 Å². The van der Waals surface area contributed by atoms with E-state index in [4.69, 9.17) is 23.2 Å². The van der Waals surface area contributed by atoms with Gasteiger partial charge in [-0.3, -0.25) is 13.9 Å². The Balaban J connectivity index is 2.44. The normalized spacial score (nSPS) is 12.3. The van der Waals surface area contributed by atoms with Crippen LogP contribution in [-0.4, -0.2) is 50.5 Å². The molecule has 2 aromatic carbocycles. The first-order valence-corrected chi connectivity index (χ1v) is 14.0. The molecule has 0 radical (unpaired) electrons. The fourth-order valence-corrected chi connectivity index (χ4v) is 4.88. The zero-order chi connectivity index (χ0) is 26.3. The summed E-state index contributed by atoms with van der Waals surface area (Å²) < 4.78 is 26.2. The molecule has 35 heavy (non-hydrogen) atoms. The molecule has 0 spiro atoms. The van der Waals surface area contributed by atoms with Gasteiger partial charge < -0.3 is 10.2 Å². The van der Waals surface area contributed by atoms with Crippen LogP contribution in [-0.2, 0) is 26.2 Å². The molecule has 0 saturated heterocycles. The molecule has 0 aliphatic heterocycles. The first-order chi connectivity index (χ1) is 16.3. The van der Waals surface area contributed by atoms with Crippen LogP contribution >= 0.6 is 23.2 Å². The Hall–Kier alpha value is -2.29. The number of nitrogens with one attached hydrogen (secondary N) is 1. The number of halogens is 2. The molecule has 0 heterocycles. The number of carbonyl (C=O) groups is 2. The van der Waals surface area contributed by atoms with Gasteiger partial charge in [0.15, 0.2) is 0 Å². The average molecular weight is 543 g/mol. The topological polar surface area (TPSA) is 86.8 Å². The molecule has 1 N–H and O–H groups in total. The maximum Gasteiger partial charge on any atom is 0.244 e. The predicted octanol–water partition coefficient (Wildman–Crippen LogP) is 4.65. The third-order valence-corrected chi connectivity index (χ3v) is 6.94. The van der Waals surface area contributed by atoms with Crippen molar-refractivity contribution in [2.45, 2.75) is 46.7 Å². The van der Waals surface area contributed by atoms with Crippen LogP contribution in [0.5, 0.6) is 0 Å². The number of amides is 2. The van der Waals surface area contributed by atoms with E-state index < -0.39 is 28.5 Å². The molecule has 0 unspecified atom stereocenters. The molecule has 0 aromatic heterocycles. The number of hydrogen-bond acceptors (Lipinski definition) is 4. The van der Waals surface area contributed by atoms with Crippen LogP contribution in [0, 0.1) is 12.8 Å². The molecule has 0 bridgehead atoms. The highest BCUT2D eigenvalue weighted by molar-refractivity contribution is 7.92. The smallest absolute Gasteiger partial charge is 0.244 e. The minimum atomic E-state index is -3.86. The van der Waals surface area contributed by atoms with Gasteiger partial charge in [-0.15, -0.1) is 0 Å². The summed E-state index contributed by atoms with van der Waals surface area (Å²) in [5.74, 6) is -0.553. The lowest BCUT2D eigenvalue weighted by Crippen LogP contribution is -2.52. The molecule has 2 amide bonds. The number of anilines is 1. The molecule has 192 valence electrons. The zero-order valence-corrected chi connectivity index (χ0v) is 23.0. The van der Waals surface area contributed by atoms with Gasteiger partial charge in [-0.2, -0.15) is 0 Å². The molecule has 1 atom stereocenters. The first-order valence-electron chi connectivity index (χ1n) is 11.4. The Labute approximate surface area is 218 Å². The highest BCUT2D eigenvalue weighted by Crippen LogP contribution is 2.27. The number of aryl methyl sites for hydroxylation is 1. The summed E-state index contributed by atoms with van der Waals surface area (Å²) in [6.45, 7) is 7.86. The molecule has 0 aliphatic carbocycles. The third-order valence-electron chi connectivity index (χ3n) is 5.36. The van der Waals surface area contributed by atoms with Crippen molar-refractivity contribution >= 4 is 50.7 Å². The SMILES string of the molecule is CC[C@H](C(=O)NCC(C)C)N(Cc1ccc(C)cc1)C(=O)CN(c1cc(Cl)cc(Cl)c1)S(C)(=O)=O. The van der Waals surface area contributed by atoms with E-state index in [1.165, 1.54) is 23.1 Å². The van der Waals surface area contributed by atoms with Gasteiger partial charge in [0, 0.05) is 23.1 Å². The minimum Gasteiger partial charge on any atom is -0.354 e. The van der Waals surface area contributed by atoms with Crippen LogP contribution in [0.15, 0.2) is 42.5 Å². The zero-order valence-electron chi connectivity index (χ0n) is 20.7. The minimum absolute atomic E-state index is 0.153. The van der Waals surface area contributed by atoms with E-state index in [2.05, 4.69) is 5.32 Å². The van der Waals surface area contributed by atoms with Crippen LogP contribution in [0.3, 0.4) is 0 Å². The number of nitrogens with zero attached hydrogens (tertiary/aromatic N) is 2. The summed E-state index contributed by atoms with van der Waals surface area (Å²) in [5, 5.41) is 3.37. The molecule has 7 nitrogen and oxygen atoms in total. The Morgan fingerprint density at radius 2 is 1.60 bits per heavy atom. The molecular formula is C25H33Cl2N3O4S. The van der Waals surface area contributed by atoms with Crippen molar-refractivity contribution in [2.75, 3.05) is 23.7 Å². The average Bonchev–Trinajstić information content (AvgIpc) is 2.75. The molecule has 0 fully saturated rings. The van der Waals surface area contributed by atoms with Crippen molar-refractivity contribution in [2.24, 2.45) is 5.92 Å². The number of rotatable bonds is 11. The van der Waals surface area contributed by atoms with Gasteiger partial charge >= 0.3 is 0 Å². The maximum atomic E-state index is 13.6. The second-order valence-electron chi connectivity index (χ2n) is 8.97. The predicted molar refractivity (Wildman–Crippen MR) is 142 cm³/mol. The summed E-state index contributed by atoms with van der Waals surface area (Å²) in [6.07, 6.45) is 1.37. The largest absolute Gasteiger partial charge is 0.354 e. The fraction of sp³-hybridized carbons (Fsp3) is 0.440. The quantitative estimate of drug-likeness (QED) is 0.448. The van der Waals surface area contributed by atoms with E-state index in [0.717, 1.165) is 21.7 Å². The number of hydrogen-bond donors (Lipinski definition) is 1. The molecular weight excluding hydrogens is 509 g/mol. The summed E-state index contributed by atoms with van der Waals surface area (Å²) in [4.78, 5) is 28.1. The monoisotopic (exact) mass is 541 g/mol. The molecule has 10 heteroatoms. The van der Waals surface area contributed by atoms with E-state index in [9.17, 15) is 18.0 Å². The highest BCUT2D eigenvalue weighted by atomic mass is 35.5. The van der Waals surface area contributed by atoms with Crippen molar-refractivity contribution in [3.8, 4) is 0 Å². The van der Waals surface area contributed by atoms with Crippen LogP contribution in [0.1, 0.15) is 38.3 Å². The summed E-state index contributed by atoms with van der Waals surface area (Å²) in [5.41, 5.74) is 2.07. The third kappa shape index (κ3) is 8.70. The molecule has 0 aliphatic rings. The second-order valence-corrected chi connectivity index (χ2v) is 11.7. The van der Waals surface area contributed by atoms with Gasteiger partial charge in [0.25, 0.3) is 0 Å². The Morgan fingerprint density at radius 1 is 1.03 bits per heavy atom. The summed E-state index contributed by atoms with van der Waals surface area (Å²) in [6, 6.07) is 11.2. The van der Waals surface area contributed by atoms with Crippen LogP contribution in [0.4, 0.5) is 5.69 Å². The van der Waals surface area contributed by atoms with Crippen molar-refractivity contribution in [3.05, 3.63) is 63.6 Å². The Morgan fingerprint density at radius 3 is 2.09 bits per heavy atom. The fourth-order valence-electron chi connectivity index (χ4n) is 3.53. The molecule has 2 rings (SSSR count). The van der Waals surface area contributed by atoms with Crippen LogP contribution in [0.2, 0.25) is 10.0 Å². The lowest BCUT2D eigenvalue weighted by molar-refractivity contribution is -0.140. The Bertz CT molecular complexity index is 1120. The lowest BCUT2D eigenvalue weighted by atomic mass is 10.1. The first kappa shape index (κ1) is 28.9. The van der Waals surface area contributed by atoms with E-state index in [0.29, 0.717) is 13.0 Å². The summed E-state index contributed by atoms with van der Waals surface area (Å²) in [7, 11) is -3.86. The number of carbonyl (C=O) groups excluding carboxylic acids is 2. The number of benzene rings is 2. The lowest BCUT2D eigenvalue weighted by Gasteiger charge is -2.33. The van der Waals surface area contributed by atoms with Crippen LogP contribution in [0.25, 0.3) is 0 Å². The van der Waals surface area contributed by atoms with Gasteiger partial charge in [0.2, 0.25) is 21.8 Å². The van der Waals surface area contributed by atoms with Gasteiger partial charge in [-0.1, -0.05) is 73.8 Å². The van der Waals surface area contributed by atoms with Gasteiger partial charge in [-0.05, 0) is 43.0 Å². The van der Waals surface area contributed by atoms with Gasteiger partial charge in [-0.25, -0.2) is 8.42 Å².